The molecule has 1 rings (SSSR count). The lowest BCUT2D eigenvalue weighted by Gasteiger charge is -2.03. The van der Waals surface area contributed by atoms with Crippen LogP contribution in [0.15, 0.2) is 36.0 Å². The lowest BCUT2D eigenvalue weighted by molar-refractivity contribution is -0.139. The van der Waals surface area contributed by atoms with Crippen molar-refractivity contribution in [1.29, 1.82) is 0 Å². The van der Waals surface area contributed by atoms with Crippen molar-refractivity contribution in [3.05, 3.63) is 36.0 Å². The topological polar surface area (TPSA) is 26.3 Å². The van der Waals surface area contributed by atoms with Crippen molar-refractivity contribution in [1.82, 2.24) is 0 Å². The highest BCUT2D eigenvalue weighted by Crippen LogP contribution is 2.20. The molecule has 2 heteroatoms. The predicted molar refractivity (Wildman–Crippen MR) is 172 cm³/mol. The van der Waals surface area contributed by atoms with Crippen LogP contribution in [0.5, 0.6) is 0 Å². The normalized spacial score (nSPS) is 15.6. The van der Waals surface area contributed by atoms with Crippen molar-refractivity contribution < 1.29 is 9.53 Å². The fraction of sp³-hybridized carbons (Fsp3) is 0.811. The second kappa shape index (κ2) is 28.2. The van der Waals surface area contributed by atoms with E-state index >= 15 is 0 Å². The van der Waals surface area contributed by atoms with Gasteiger partial charge in [0.15, 0.2) is 0 Å². The maximum atomic E-state index is 11.6. The van der Waals surface area contributed by atoms with Crippen LogP contribution in [-0.4, -0.2) is 12.1 Å². The number of cyclic esters (lactones) is 1. The van der Waals surface area contributed by atoms with Crippen molar-refractivity contribution >= 4 is 5.97 Å². The van der Waals surface area contributed by atoms with Crippen LogP contribution < -0.4 is 0 Å². The van der Waals surface area contributed by atoms with Crippen LogP contribution in [0, 0.1) is 0 Å². The Balaban J connectivity index is 1.70. The second-order valence-corrected chi connectivity index (χ2v) is 12.1. The van der Waals surface area contributed by atoms with Crippen molar-refractivity contribution in [2.45, 2.75) is 193 Å². The summed E-state index contributed by atoms with van der Waals surface area (Å²) in [6.07, 6.45) is 47.9. The van der Waals surface area contributed by atoms with Gasteiger partial charge in [-0.05, 0) is 64.4 Å². The van der Waals surface area contributed by atoms with Gasteiger partial charge in [0, 0.05) is 5.57 Å². The number of hydrogen-bond acceptors (Lipinski definition) is 2. The third-order valence-electron chi connectivity index (χ3n) is 8.12. The monoisotopic (exact) mass is 543 g/mol. The Kier molecular flexibility index (Phi) is 25.9. The Morgan fingerprint density at radius 1 is 0.538 bits per heavy atom. The fourth-order valence-corrected chi connectivity index (χ4v) is 5.57. The molecule has 0 aromatic carbocycles. The quantitative estimate of drug-likeness (QED) is 0.0533. The van der Waals surface area contributed by atoms with E-state index in [1.54, 1.807) is 0 Å². The Labute approximate surface area is 244 Å². The van der Waals surface area contributed by atoms with Gasteiger partial charge in [-0.15, -0.1) is 0 Å². The van der Waals surface area contributed by atoms with Gasteiger partial charge in [-0.1, -0.05) is 153 Å². The van der Waals surface area contributed by atoms with E-state index < -0.39 is 0 Å². The molecule has 0 aliphatic carbocycles. The minimum atomic E-state index is -0.0907. The minimum absolute atomic E-state index is 0.0178. The van der Waals surface area contributed by atoms with E-state index in [9.17, 15) is 4.79 Å². The zero-order valence-electron chi connectivity index (χ0n) is 26.4. The van der Waals surface area contributed by atoms with Crippen LogP contribution in [0.2, 0.25) is 0 Å². The third-order valence-corrected chi connectivity index (χ3v) is 8.12. The van der Waals surface area contributed by atoms with Gasteiger partial charge in [0.25, 0.3) is 0 Å². The minimum Gasteiger partial charge on any atom is -0.455 e. The number of carbonyl (C=O) groups excluding carboxylic acids is 1. The van der Waals surface area contributed by atoms with Gasteiger partial charge in [0.1, 0.15) is 6.10 Å². The number of ether oxygens (including phenoxy) is 1. The average Bonchev–Trinajstić information content (AvgIpc) is 3.26. The molecular formula is C37H66O2. The molecule has 0 amide bonds. The summed E-state index contributed by atoms with van der Waals surface area (Å²) in [7, 11) is 0. The maximum absolute atomic E-state index is 11.6. The summed E-state index contributed by atoms with van der Waals surface area (Å²) in [5.41, 5.74) is 0.899. The number of allylic oxidation sites excluding steroid dienone is 4. The van der Waals surface area contributed by atoms with E-state index in [-0.39, 0.29) is 12.1 Å². The Bertz CT molecular complexity index is 629. The maximum Gasteiger partial charge on any atom is 0.334 e. The van der Waals surface area contributed by atoms with Crippen LogP contribution in [0.25, 0.3) is 0 Å². The molecule has 0 saturated carbocycles. The molecule has 1 heterocycles. The summed E-state index contributed by atoms with van der Waals surface area (Å²) >= 11 is 0. The van der Waals surface area contributed by atoms with Crippen LogP contribution in [-0.2, 0) is 9.53 Å². The highest BCUT2D eigenvalue weighted by molar-refractivity contribution is 5.90. The molecule has 1 unspecified atom stereocenters. The van der Waals surface area contributed by atoms with Crippen LogP contribution in [0.3, 0.4) is 0 Å². The summed E-state index contributed by atoms with van der Waals surface area (Å²) in [6, 6.07) is 0. The van der Waals surface area contributed by atoms with Gasteiger partial charge in [0.2, 0.25) is 0 Å². The molecule has 0 saturated heterocycles. The first-order valence-corrected chi connectivity index (χ1v) is 17.5. The largest absolute Gasteiger partial charge is 0.455 e. The van der Waals surface area contributed by atoms with E-state index in [1.807, 2.05) is 13.0 Å². The first-order valence-electron chi connectivity index (χ1n) is 17.5. The molecule has 39 heavy (non-hydrogen) atoms. The summed E-state index contributed by atoms with van der Waals surface area (Å²) in [6.45, 7) is 4.23. The molecule has 0 N–H and O–H groups in total. The highest BCUT2D eigenvalue weighted by Gasteiger charge is 2.21. The summed E-state index contributed by atoms with van der Waals surface area (Å²) < 4.78 is 5.15. The molecule has 1 aliphatic heterocycles. The van der Waals surface area contributed by atoms with Gasteiger partial charge in [-0.2, -0.15) is 0 Å². The predicted octanol–water partition coefficient (Wildman–Crippen LogP) is 12.5. The number of hydrogen-bond donors (Lipinski definition) is 0. The molecule has 0 spiro atoms. The number of rotatable bonds is 29. The Morgan fingerprint density at radius 3 is 1.28 bits per heavy atom. The number of esters is 1. The molecule has 0 aromatic heterocycles. The van der Waals surface area contributed by atoms with Crippen molar-refractivity contribution in [3.63, 3.8) is 0 Å². The molecule has 1 atom stereocenters. The highest BCUT2D eigenvalue weighted by atomic mass is 16.5. The molecule has 0 fully saturated rings. The van der Waals surface area contributed by atoms with E-state index in [4.69, 9.17) is 4.74 Å². The zero-order valence-corrected chi connectivity index (χ0v) is 26.4. The van der Waals surface area contributed by atoms with Gasteiger partial charge in [0.05, 0.1) is 0 Å². The first kappa shape index (κ1) is 35.7. The molecule has 0 radical (unpaired) electrons. The van der Waals surface area contributed by atoms with Gasteiger partial charge < -0.3 is 4.74 Å². The molecule has 0 bridgehead atoms. The summed E-state index contributed by atoms with van der Waals surface area (Å²) in [5.74, 6) is -0.0907. The summed E-state index contributed by atoms with van der Waals surface area (Å²) in [5, 5.41) is 0. The number of unbranched alkanes of at least 4 members (excludes halogenated alkanes) is 23. The third kappa shape index (κ3) is 24.2. The van der Waals surface area contributed by atoms with Gasteiger partial charge in [-0.25, -0.2) is 4.79 Å². The Morgan fingerprint density at radius 2 is 0.897 bits per heavy atom. The Hall–Kier alpha value is -1.31. The fourth-order valence-electron chi connectivity index (χ4n) is 5.57. The van der Waals surface area contributed by atoms with E-state index in [0.29, 0.717) is 0 Å². The smallest absolute Gasteiger partial charge is 0.334 e. The molecule has 0 aromatic rings. The first-order chi connectivity index (χ1) is 19.2. The van der Waals surface area contributed by atoms with Crippen LogP contribution in [0.4, 0.5) is 0 Å². The molecular weight excluding hydrogens is 476 g/mol. The van der Waals surface area contributed by atoms with Crippen molar-refractivity contribution in [2.75, 3.05) is 0 Å². The van der Waals surface area contributed by atoms with Gasteiger partial charge >= 0.3 is 5.97 Å². The van der Waals surface area contributed by atoms with E-state index in [0.717, 1.165) is 18.4 Å². The van der Waals surface area contributed by atoms with Crippen LogP contribution >= 0.6 is 0 Å². The average molecular weight is 543 g/mol. The number of carbonyl (C=O) groups is 1. The van der Waals surface area contributed by atoms with E-state index in [2.05, 4.69) is 31.2 Å². The molecule has 226 valence electrons. The van der Waals surface area contributed by atoms with E-state index in [1.165, 1.54) is 161 Å². The van der Waals surface area contributed by atoms with Crippen LogP contribution in [0.1, 0.15) is 187 Å². The lowest BCUT2D eigenvalue weighted by atomic mass is 10.0. The second-order valence-electron chi connectivity index (χ2n) is 12.1. The van der Waals surface area contributed by atoms with Crippen molar-refractivity contribution in [2.24, 2.45) is 0 Å². The standard InChI is InChI=1S/C37H66O2/c1-3-4-5-6-7-8-9-10-11-12-13-14-15-16-17-18-19-20-21-22-23-24-25-26-27-28-29-30-31-32-33-36-34-35(2)39-37(36)38/h14-15,18-19,34-35H,3-13,16-17,20-33H2,1-2H3/b15-14+,19-18+. The zero-order chi connectivity index (χ0) is 28.1. The lowest BCUT2D eigenvalue weighted by Crippen LogP contribution is -2.03. The molecule has 1 aliphatic rings. The molecule has 2 nitrogen and oxygen atoms in total. The summed E-state index contributed by atoms with van der Waals surface area (Å²) in [4.78, 5) is 11.6. The van der Waals surface area contributed by atoms with Crippen molar-refractivity contribution in [3.8, 4) is 0 Å². The SMILES string of the molecule is CCCCCCCCCCCC/C=C/CC/C=C/CCCCCCCCCCCCCCC1=CC(C)OC1=O. The van der Waals surface area contributed by atoms with Gasteiger partial charge in [-0.3, -0.25) is 0 Å².